The van der Waals surface area contributed by atoms with Gasteiger partial charge in [-0.15, -0.1) is 0 Å². The molecule has 1 unspecified atom stereocenters. The van der Waals surface area contributed by atoms with Gasteiger partial charge in [0.05, 0.1) is 0 Å². The van der Waals surface area contributed by atoms with Crippen molar-refractivity contribution in [2.45, 2.75) is 20.8 Å². The average molecular weight is 349 g/mol. The van der Waals surface area contributed by atoms with E-state index in [1.807, 2.05) is 18.2 Å². The molecule has 1 atom stereocenters. The Labute approximate surface area is 144 Å². The summed E-state index contributed by atoms with van der Waals surface area (Å²) in [5.74, 6) is 2.29. The van der Waals surface area contributed by atoms with Gasteiger partial charge in [-0.25, -0.2) is 0 Å². The highest BCUT2D eigenvalue weighted by atomic mass is 35.5. The van der Waals surface area contributed by atoms with Crippen LogP contribution in [0.4, 0.5) is 0 Å². The molecule has 22 heavy (non-hydrogen) atoms. The molecule has 0 heterocycles. The van der Waals surface area contributed by atoms with E-state index in [1.54, 1.807) is 0 Å². The van der Waals surface area contributed by atoms with E-state index in [0.717, 1.165) is 9.89 Å². The van der Waals surface area contributed by atoms with E-state index in [2.05, 4.69) is 69.6 Å². The molecule has 0 saturated carbocycles. The Morgan fingerprint density at radius 1 is 1.00 bits per heavy atom. The van der Waals surface area contributed by atoms with Crippen LogP contribution in [0.5, 0.6) is 0 Å². The first-order chi connectivity index (χ1) is 10.2. The second-order valence-corrected chi connectivity index (χ2v) is 10.9. The standard InChI is InChI=1S/C19H22ClPS/c1-19(2,3)18(22)14-21(4,15-10-6-5-7-11-15)17-13-9-8-12-16(17)20/h5-14H,1-4H3. The molecule has 0 nitrogen and oxygen atoms in total. The molecule has 3 heteroatoms. The molecule has 0 aliphatic rings. The topological polar surface area (TPSA) is 0 Å². The van der Waals surface area contributed by atoms with Crippen molar-refractivity contribution in [1.82, 2.24) is 0 Å². The lowest BCUT2D eigenvalue weighted by Crippen LogP contribution is -2.25. The van der Waals surface area contributed by atoms with Gasteiger partial charge in [-0.05, 0) is 34.6 Å². The molecule has 2 rings (SSSR count). The van der Waals surface area contributed by atoms with Crippen molar-refractivity contribution in [1.29, 1.82) is 0 Å². The van der Waals surface area contributed by atoms with E-state index in [1.165, 1.54) is 10.6 Å². The van der Waals surface area contributed by atoms with Gasteiger partial charge >= 0.3 is 0 Å². The number of hydrogen-bond donors (Lipinski definition) is 0. The van der Waals surface area contributed by atoms with E-state index in [9.17, 15) is 0 Å². The lowest BCUT2D eigenvalue weighted by molar-refractivity contribution is 0.608. The van der Waals surface area contributed by atoms with Gasteiger partial charge in [0.15, 0.2) is 0 Å². The third kappa shape index (κ3) is 3.71. The zero-order valence-electron chi connectivity index (χ0n) is 13.5. The third-order valence-electron chi connectivity index (χ3n) is 3.76. The van der Waals surface area contributed by atoms with Crippen molar-refractivity contribution in [3.63, 3.8) is 0 Å². The Bertz CT molecular complexity index is 727. The van der Waals surface area contributed by atoms with Gasteiger partial charge in [0.25, 0.3) is 0 Å². The number of halogens is 1. The van der Waals surface area contributed by atoms with E-state index in [-0.39, 0.29) is 5.41 Å². The molecular weight excluding hydrogens is 327 g/mol. The highest BCUT2D eigenvalue weighted by Gasteiger charge is 2.23. The molecule has 0 aliphatic heterocycles. The van der Waals surface area contributed by atoms with Crippen molar-refractivity contribution in [2.75, 3.05) is 6.66 Å². The van der Waals surface area contributed by atoms with Crippen LogP contribution in [0.1, 0.15) is 20.8 Å². The lowest BCUT2D eigenvalue weighted by atomic mass is 9.93. The second kappa shape index (κ2) is 6.71. The van der Waals surface area contributed by atoms with Crippen LogP contribution in [0.3, 0.4) is 0 Å². The lowest BCUT2D eigenvalue weighted by Gasteiger charge is -2.27. The summed E-state index contributed by atoms with van der Waals surface area (Å²) in [6, 6.07) is 18.7. The summed E-state index contributed by atoms with van der Waals surface area (Å²) in [4.78, 5) is 0.993. The Hall–Kier alpha value is -0.880. The molecule has 0 N–H and O–H groups in total. The van der Waals surface area contributed by atoms with Gasteiger partial charge in [-0.3, -0.25) is 0 Å². The van der Waals surface area contributed by atoms with E-state index < -0.39 is 6.89 Å². The predicted molar refractivity (Wildman–Crippen MR) is 108 cm³/mol. The maximum absolute atomic E-state index is 6.52. The molecular formula is C19H22ClPS. The minimum Gasteiger partial charge on any atom is -0.0843 e. The minimum atomic E-state index is -1.76. The summed E-state index contributed by atoms with van der Waals surface area (Å²) in [6.07, 6.45) is 0. The highest BCUT2D eigenvalue weighted by Crippen LogP contribution is 2.43. The largest absolute Gasteiger partial charge is 0.0843 e. The summed E-state index contributed by atoms with van der Waals surface area (Å²) in [6.45, 7) is 7.01. The summed E-state index contributed by atoms with van der Waals surface area (Å²) >= 11 is 12.2. The maximum Gasteiger partial charge on any atom is 0.0485 e. The monoisotopic (exact) mass is 348 g/mol. The predicted octanol–water partition coefficient (Wildman–Crippen LogP) is 5.16. The van der Waals surface area contributed by atoms with Crippen LogP contribution in [-0.4, -0.2) is 17.3 Å². The van der Waals surface area contributed by atoms with Crippen molar-refractivity contribution in [3.8, 4) is 0 Å². The molecule has 0 aliphatic carbocycles. The number of rotatable bonds is 3. The van der Waals surface area contributed by atoms with Crippen molar-refractivity contribution < 1.29 is 0 Å². The van der Waals surface area contributed by atoms with Crippen LogP contribution in [0.2, 0.25) is 5.02 Å². The van der Waals surface area contributed by atoms with Gasteiger partial charge in [0, 0.05) is 9.89 Å². The Morgan fingerprint density at radius 3 is 2.09 bits per heavy atom. The van der Waals surface area contributed by atoms with E-state index >= 15 is 0 Å². The first kappa shape index (κ1) is 17.5. The van der Waals surface area contributed by atoms with Crippen LogP contribution < -0.4 is 10.6 Å². The van der Waals surface area contributed by atoms with Crippen LogP contribution in [0, 0.1) is 5.41 Å². The van der Waals surface area contributed by atoms with Gasteiger partial charge < -0.3 is 0 Å². The van der Waals surface area contributed by atoms with Crippen molar-refractivity contribution >= 4 is 52.0 Å². The maximum atomic E-state index is 6.52. The molecule has 0 radical (unpaired) electrons. The SMILES string of the molecule is CC(C)(C)C(=S)C=P(C)(c1ccccc1)c1ccccc1Cl. The van der Waals surface area contributed by atoms with Crippen molar-refractivity contribution in [3.05, 3.63) is 59.6 Å². The van der Waals surface area contributed by atoms with Crippen LogP contribution >= 0.6 is 30.7 Å². The number of hydrogen-bond acceptors (Lipinski definition) is 1. The quantitative estimate of drug-likeness (QED) is 0.545. The normalized spacial score (nSPS) is 14.2. The zero-order chi connectivity index (χ0) is 16.4. The minimum absolute atomic E-state index is 0.0212. The second-order valence-electron chi connectivity index (χ2n) is 6.61. The highest BCUT2D eigenvalue weighted by molar-refractivity contribution is 7.92. The number of thiocarbonyl (C=S) groups is 1. The molecule has 2 aromatic carbocycles. The molecule has 0 aromatic heterocycles. The third-order valence-corrected chi connectivity index (χ3v) is 8.66. The summed E-state index contributed by atoms with van der Waals surface area (Å²) in [7, 11) is 0. The molecule has 116 valence electrons. The van der Waals surface area contributed by atoms with Crippen molar-refractivity contribution in [2.24, 2.45) is 5.41 Å². The van der Waals surface area contributed by atoms with Gasteiger partial charge in [0.2, 0.25) is 0 Å². The van der Waals surface area contributed by atoms with Gasteiger partial charge in [-0.2, -0.15) is 0 Å². The summed E-state index contributed by atoms with van der Waals surface area (Å²) in [5.41, 5.74) is -0.0212. The van der Waals surface area contributed by atoms with E-state index in [0.29, 0.717) is 0 Å². The molecule has 0 saturated heterocycles. The molecule has 2 aromatic rings. The van der Waals surface area contributed by atoms with Gasteiger partial charge in [-0.1, -0.05) is 100 Å². The fraction of sp³-hybridized carbons (Fsp3) is 0.263. The van der Waals surface area contributed by atoms with Crippen LogP contribution in [-0.2, 0) is 0 Å². The first-order valence-electron chi connectivity index (χ1n) is 7.32. The summed E-state index contributed by atoms with van der Waals surface area (Å²) in [5, 5.41) is 3.30. The van der Waals surface area contributed by atoms with Crippen LogP contribution in [0.15, 0.2) is 54.6 Å². The average Bonchev–Trinajstić information content (AvgIpc) is 2.47. The van der Waals surface area contributed by atoms with Gasteiger partial charge in [0.1, 0.15) is 0 Å². The summed E-state index contributed by atoms with van der Waals surface area (Å²) < 4.78 is 0. The Kier molecular flexibility index (Phi) is 5.33. The fourth-order valence-corrected chi connectivity index (χ4v) is 6.70. The van der Waals surface area contributed by atoms with Crippen LogP contribution in [0.25, 0.3) is 0 Å². The molecule has 0 bridgehead atoms. The Balaban J connectivity index is 2.74. The smallest absolute Gasteiger partial charge is 0.0485 e. The fourth-order valence-electron chi connectivity index (χ4n) is 2.28. The molecule has 0 spiro atoms. The zero-order valence-corrected chi connectivity index (χ0v) is 16.0. The number of benzene rings is 2. The molecule has 0 fully saturated rings. The van der Waals surface area contributed by atoms with E-state index in [4.69, 9.17) is 23.8 Å². The molecule has 0 amide bonds. The first-order valence-corrected chi connectivity index (χ1v) is 10.4. The Morgan fingerprint density at radius 2 is 1.55 bits per heavy atom.